The Morgan fingerprint density at radius 1 is 1.14 bits per heavy atom. The highest BCUT2D eigenvalue weighted by Gasteiger charge is 2.61. The molecule has 0 saturated heterocycles. The van der Waals surface area contributed by atoms with Gasteiger partial charge in [0.1, 0.15) is 5.60 Å². The van der Waals surface area contributed by atoms with Gasteiger partial charge in [0.2, 0.25) is 0 Å². The molecule has 22 heavy (non-hydrogen) atoms. The van der Waals surface area contributed by atoms with Crippen LogP contribution >= 0.6 is 0 Å². The molecule has 0 heterocycles. The molecule has 4 rings (SSSR count). The Kier molecular flexibility index (Phi) is 3.26. The van der Waals surface area contributed by atoms with Crippen LogP contribution in [0.4, 0.5) is 0 Å². The van der Waals surface area contributed by atoms with Crippen LogP contribution in [0.1, 0.15) is 58.3 Å². The van der Waals surface area contributed by atoms with Crippen LogP contribution in [0.2, 0.25) is 0 Å². The average Bonchev–Trinajstić information content (AvgIpc) is 2.79. The van der Waals surface area contributed by atoms with Crippen molar-refractivity contribution < 1.29 is 10.2 Å². The monoisotopic (exact) mass is 300 g/mol. The van der Waals surface area contributed by atoms with E-state index in [-0.39, 0.29) is 11.5 Å². The van der Waals surface area contributed by atoms with Crippen LogP contribution in [0.15, 0.2) is 11.6 Å². The number of allylic oxidation sites excluding steroid dienone is 1. The van der Waals surface area contributed by atoms with E-state index in [1.807, 2.05) is 0 Å². The lowest BCUT2D eigenvalue weighted by atomic mass is 9.50. The van der Waals surface area contributed by atoms with Crippen LogP contribution in [0.3, 0.4) is 0 Å². The van der Waals surface area contributed by atoms with E-state index >= 15 is 0 Å². The summed E-state index contributed by atoms with van der Waals surface area (Å²) in [6, 6.07) is 0. The van der Waals surface area contributed by atoms with Crippen LogP contribution in [0, 0.1) is 41.4 Å². The molecule has 4 aliphatic rings. The zero-order valence-corrected chi connectivity index (χ0v) is 13.6. The van der Waals surface area contributed by atoms with Crippen molar-refractivity contribution in [2.45, 2.75) is 70.0 Å². The number of fused-ring (bicyclic) bond motifs is 5. The molecule has 0 radical (unpaired) electrons. The highest BCUT2D eigenvalue weighted by molar-refractivity contribution is 5.25. The summed E-state index contributed by atoms with van der Waals surface area (Å²) >= 11 is 0. The van der Waals surface area contributed by atoms with Gasteiger partial charge < -0.3 is 10.2 Å². The number of aliphatic hydroxyl groups excluding tert-OH is 1. The normalized spacial score (nSPS) is 53.7. The molecule has 0 amide bonds. The van der Waals surface area contributed by atoms with Crippen LogP contribution in [0.5, 0.6) is 0 Å². The third-order valence-corrected chi connectivity index (χ3v) is 7.82. The lowest BCUT2D eigenvalue weighted by Crippen LogP contribution is -2.52. The topological polar surface area (TPSA) is 40.5 Å². The highest BCUT2D eigenvalue weighted by atomic mass is 16.3. The van der Waals surface area contributed by atoms with Gasteiger partial charge in [0, 0.05) is 5.41 Å². The molecule has 120 valence electrons. The Morgan fingerprint density at radius 3 is 2.73 bits per heavy atom. The lowest BCUT2D eigenvalue weighted by Gasteiger charge is -2.55. The average molecular weight is 300 g/mol. The van der Waals surface area contributed by atoms with Gasteiger partial charge in [-0.25, -0.2) is 0 Å². The Balaban J connectivity index is 1.64. The largest absolute Gasteiger partial charge is 0.389 e. The number of hydrogen-bond acceptors (Lipinski definition) is 2. The third-order valence-electron chi connectivity index (χ3n) is 7.82. The van der Waals surface area contributed by atoms with E-state index in [2.05, 4.69) is 18.9 Å². The van der Waals surface area contributed by atoms with E-state index < -0.39 is 5.60 Å². The van der Waals surface area contributed by atoms with Gasteiger partial charge in [-0.15, -0.1) is 6.42 Å². The second kappa shape index (κ2) is 4.86. The van der Waals surface area contributed by atoms with Crippen molar-refractivity contribution in [3.63, 3.8) is 0 Å². The first kappa shape index (κ1) is 14.8. The summed E-state index contributed by atoms with van der Waals surface area (Å²) in [6.07, 6.45) is 16.2. The van der Waals surface area contributed by atoms with Crippen LogP contribution < -0.4 is 0 Å². The molecular formula is C20H28O2. The summed E-state index contributed by atoms with van der Waals surface area (Å²) in [5, 5.41) is 20.8. The number of terminal acetylenes is 1. The Hall–Kier alpha value is -0.780. The molecule has 3 fully saturated rings. The predicted octanol–water partition coefficient (Wildman–Crippen LogP) is 3.28. The quantitative estimate of drug-likeness (QED) is 0.532. The number of rotatable bonds is 0. The summed E-state index contributed by atoms with van der Waals surface area (Å²) in [5.74, 6) is 5.50. The van der Waals surface area contributed by atoms with Gasteiger partial charge in [-0.2, -0.15) is 0 Å². The van der Waals surface area contributed by atoms with E-state index in [1.165, 1.54) is 18.4 Å². The summed E-state index contributed by atoms with van der Waals surface area (Å²) < 4.78 is 0. The maximum atomic E-state index is 10.9. The van der Waals surface area contributed by atoms with Gasteiger partial charge in [0.05, 0.1) is 6.10 Å². The second-order valence-corrected chi connectivity index (χ2v) is 8.47. The summed E-state index contributed by atoms with van der Waals surface area (Å²) in [7, 11) is 0. The van der Waals surface area contributed by atoms with Gasteiger partial charge in [0.15, 0.2) is 0 Å². The van der Waals surface area contributed by atoms with Crippen molar-refractivity contribution >= 4 is 0 Å². The standard InChI is InChI=1S/C20H28O2/c1-3-20(22)11-9-18-17-6-4-13-12-14(21)5-7-15(13)16(17)8-10-19(18,20)2/h1,12,14-18,21-22H,4-11H2,2H3/t14?,15-,16+,17+,18-,19-,20-/m0/s1. The van der Waals surface area contributed by atoms with Crippen molar-refractivity contribution in [1.29, 1.82) is 0 Å². The van der Waals surface area contributed by atoms with Crippen molar-refractivity contribution in [1.82, 2.24) is 0 Å². The minimum absolute atomic E-state index is 0.0850. The molecule has 2 heteroatoms. The van der Waals surface area contributed by atoms with E-state index in [9.17, 15) is 10.2 Å². The fraction of sp³-hybridized carbons (Fsp3) is 0.800. The molecule has 4 aliphatic carbocycles. The lowest BCUT2D eigenvalue weighted by molar-refractivity contribution is -0.0865. The molecule has 1 unspecified atom stereocenters. The first-order valence-electron chi connectivity index (χ1n) is 9.07. The molecule has 7 atom stereocenters. The molecule has 0 aromatic heterocycles. The third kappa shape index (κ3) is 1.82. The van der Waals surface area contributed by atoms with E-state index in [0.29, 0.717) is 11.8 Å². The highest BCUT2D eigenvalue weighted by Crippen LogP contribution is 2.64. The zero-order chi connectivity index (χ0) is 15.5. The summed E-state index contributed by atoms with van der Waals surface area (Å²) in [6.45, 7) is 2.25. The van der Waals surface area contributed by atoms with Crippen molar-refractivity contribution in [2.75, 3.05) is 0 Å². The van der Waals surface area contributed by atoms with Crippen molar-refractivity contribution in [2.24, 2.45) is 29.1 Å². The van der Waals surface area contributed by atoms with Gasteiger partial charge in [-0.05, 0) is 75.0 Å². The summed E-state index contributed by atoms with van der Waals surface area (Å²) in [4.78, 5) is 0. The first-order chi connectivity index (χ1) is 10.5. The van der Waals surface area contributed by atoms with Crippen LogP contribution in [0.25, 0.3) is 0 Å². The van der Waals surface area contributed by atoms with E-state index in [4.69, 9.17) is 6.42 Å². The van der Waals surface area contributed by atoms with Gasteiger partial charge in [-0.3, -0.25) is 0 Å². The Labute approximate surface area is 134 Å². The molecule has 2 nitrogen and oxygen atoms in total. The second-order valence-electron chi connectivity index (χ2n) is 8.47. The SMILES string of the molecule is C#C[C@]1(O)CC[C@H]2[C@@H]3CCC4=CC(O)CC[C@@H]4[C@H]3CC[C@@]21C. The molecule has 0 aromatic carbocycles. The minimum atomic E-state index is -0.887. The molecule has 2 N–H and O–H groups in total. The number of aliphatic hydroxyl groups is 2. The fourth-order valence-electron chi connectivity index (χ4n) is 6.57. The molecular weight excluding hydrogens is 272 g/mol. The zero-order valence-electron chi connectivity index (χ0n) is 13.6. The van der Waals surface area contributed by atoms with Gasteiger partial charge in [-0.1, -0.05) is 24.5 Å². The minimum Gasteiger partial charge on any atom is -0.389 e. The molecule has 0 spiro atoms. The fourth-order valence-corrected chi connectivity index (χ4v) is 6.57. The van der Waals surface area contributed by atoms with Crippen LogP contribution in [-0.2, 0) is 0 Å². The predicted molar refractivity (Wildman–Crippen MR) is 86.9 cm³/mol. The Morgan fingerprint density at radius 2 is 1.95 bits per heavy atom. The van der Waals surface area contributed by atoms with E-state index in [0.717, 1.165) is 50.4 Å². The van der Waals surface area contributed by atoms with Crippen molar-refractivity contribution in [3.05, 3.63) is 11.6 Å². The Bertz CT molecular complexity index is 544. The van der Waals surface area contributed by atoms with Crippen molar-refractivity contribution in [3.8, 4) is 12.3 Å². The first-order valence-corrected chi connectivity index (χ1v) is 9.07. The molecule has 0 bridgehead atoms. The van der Waals surface area contributed by atoms with E-state index in [1.54, 1.807) is 0 Å². The van der Waals surface area contributed by atoms with Gasteiger partial charge in [0.25, 0.3) is 0 Å². The molecule has 0 aliphatic heterocycles. The molecule has 0 aromatic rings. The maximum Gasteiger partial charge on any atom is 0.130 e. The summed E-state index contributed by atoms with van der Waals surface area (Å²) in [5.41, 5.74) is 0.550. The van der Waals surface area contributed by atoms with Crippen LogP contribution in [-0.4, -0.2) is 21.9 Å². The molecule has 3 saturated carbocycles. The smallest absolute Gasteiger partial charge is 0.130 e. The maximum absolute atomic E-state index is 10.9. The van der Waals surface area contributed by atoms with Gasteiger partial charge >= 0.3 is 0 Å². The number of hydrogen-bond donors (Lipinski definition) is 2.